The number of pyridine rings is 2. The van der Waals surface area contributed by atoms with Gasteiger partial charge in [0, 0.05) is 23.5 Å². The van der Waals surface area contributed by atoms with E-state index in [-0.39, 0.29) is 5.82 Å². The summed E-state index contributed by atoms with van der Waals surface area (Å²) in [5, 5.41) is 4.50. The van der Waals surface area contributed by atoms with Crippen LogP contribution in [0.2, 0.25) is 0 Å². The number of halogens is 1. The fourth-order valence-corrected chi connectivity index (χ4v) is 2.55. The summed E-state index contributed by atoms with van der Waals surface area (Å²) in [6.45, 7) is 1.74. The second-order valence-electron chi connectivity index (χ2n) is 5.30. The molecule has 0 unspecified atom stereocenters. The quantitative estimate of drug-likeness (QED) is 0.564. The Kier molecular flexibility index (Phi) is 3.12. The van der Waals surface area contributed by atoms with Gasteiger partial charge in [0.25, 0.3) is 0 Å². The summed E-state index contributed by atoms with van der Waals surface area (Å²) in [7, 11) is 0. The molecule has 3 heterocycles. The molecule has 0 atom stereocenters. The maximum Gasteiger partial charge on any atom is 0.184 e. The van der Waals surface area contributed by atoms with Gasteiger partial charge in [-0.3, -0.25) is 4.98 Å². The van der Waals surface area contributed by atoms with Crippen LogP contribution in [0.25, 0.3) is 28.3 Å². The molecule has 4 aromatic rings. The van der Waals surface area contributed by atoms with Crippen molar-refractivity contribution in [1.29, 1.82) is 0 Å². The Labute approximate surface area is 132 Å². The van der Waals surface area contributed by atoms with Crippen LogP contribution in [0.5, 0.6) is 0 Å². The molecule has 0 aliphatic rings. The van der Waals surface area contributed by atoms with Crippen molar-refractivity contribution >= 4 is 5.65 Å². The van der Waals surface area contributed by atoms with Crippen molar-refractivity contribution in [2.24, 2.45) is 0 Å². The predicted octanol–water partition coefficient (Wildman–Crippen LogP) is 3.91. The van der Waals surface area contributed by atoms with E-state index >= 15 is 0 Å². The second kappa shape index (κ2) is 5.28. The highest BCUT2D eigenvalue weighted by Gasteiger charge is 2.14. The van der Waals surface area contributed by atoms with Crippen molar-refractivity contribution in [1.82, 2.24) is 19.6 Å². The van der Waals surface area contributed by atoms with E-state index in [0.717, 1.165) is 22.5 Å². The maximum absolute atomic E-state index is 13.5. The van der Waals surface area contributed by atoms with Crippen molar-refractivity contribution < 1.29 is 4.39 Å². The maximum atomic E-state index is 13.5. The zero-order valence-electron chi connectivity index (χ0n) is 12.4. The summed E-state index contributed by atoms with van der Waals surface area (Å²) in [6, 6.07) is 14.5. The number of aryl methyl sites for hydroxylation is 1. The molecule has 0 N–H and O–H groups in total. The molecule has 0 fully saturated rings. The summed E-state index contributed by atoms with van der Waals surface area (Å²) < 4.78 is 15.3. The van der Waals surface area contributed by atoms with Gasteiger partial charge in [-0.1, -0.05) is 6.07 Å². The highest BCUT2D eigenvalue weighted by molar-refractivity contribution is 5.78. The van der Waals surface area contributed by atoms with Gasteiger partial charge in [0.05, 0.1) is 5.69 Å². The molecule has 0 spiro atoms. The molecule has 0 amide bonds. The highest BCUT2D eigenvalue weighted by atomic mass is 19.1. The number of hydrogen-bond donors (Lipinski definition) is 0. The monoisotopic (exact) mass is 304 g/mol. The molecule has 4 nitrogen and oxygen atoms in total. The first-order valence-corrected chi connectivity index (χ1v) is 7.26. The summed E-state index contributed by atoms with van der Waals surface area (Å²) in [5.41, 5.74) is 3.77. The number of fused-ring (bicyclic) bond motifs is 1. The smallest absolute Gasteiger partial charge is 0.184 e. The lowest BCUT2D eigenvalue weighted by Crippen LogP contribution is -1.92. The molecule has 0 bridgehead atoms. The predicted molar refractivity (Wildman–Crippen MR) is 86.3 cm³/mol. The first-order chi connectivity index (χ1) is 11.2. The van der Waals surface area contributed by atoms with Crippen molar-refractivity contribution in [2.75, 3.05) is 0 Å². The van der Waals surface area contributed by atoms with E-state index in [1.807, 2.05) is 36.5 Å². The SMILES string of the molecule is Cc1cc(-c2ncccc2-c2nc3ccccn3n2)ccc1F. The van der Waals surface area contributed by atoms with Crippen LogP contribution >= 0.6 is 0 Å². The summed E-state index contributed by atoms with van der Waals surface area (Å²) in [6.07, 6.45) is 3.57. The fourth-order valence-electron chi connectivity index (χ4n) is 2.55. The Morgan fingerprint density at radius 2 is 1.96 bits per heavy atom. The number of benzene rings is 1. The number of rotatable bonds is 2. The van der Waals surface area contributed by atoms with Crippen molar-refractivity contribution in [2.45, 2.75) is 6.92 Å². The van der Waals surface area contributed by atoms with Gasteiger partial charge in [-0.2, -0.15) is 0 Å². The van der Waals surface area contributed by atoms with E-state index in [9.17, 15) is 4.39 Å². The molecule has 5 heteroatoms. The van der Waals surface area contributed by atoms with Crippen LogP contribution in [0.4, 0.5) is 4.39 Å². The molecule has 4 rings (SSSR count). The topological polar surface area (TPSA) is 43.1 Å². The third kappa shape index (κ3) is 2.36. The first-order valence-electron chi connectivity index (χ1n) is 7.26. The standard InChI is InChI=1S/C18H13FN4/c1-12-11-13(7-8-15(12)19)17-14(5-4-9-20-17)18-21-16-6-2-3-10-23(16)22-18/h2-11H,1H3. The van der Waals surface area contributed by atoms with Gasteiger partial charge in [0.2, 0.25) is 0 Å². The lowest BCUT2D eigenvalue weighted by atomic mass is 10.0. The van der Waals surface area contributed by atoms with Crippen LogP contribution in [0, 0.1) is 12.7 Å². The molecular weight excluding hydrogens is 291 g/mol. The minimum Gasteiger partial charge on any atom is -0.255 e. The first kappa shape index (κ1) is 13.6. The van der Waals surface area contributed by atoms with E-state index in [4.69, 9.17) is 0 Å². The molecule has 112 valence electrons. The highest BCUT2D eigenvalue weighted by Crippen LogP contribution is 2.29. The van der Waals surface area contributed by atoms with E-state index in [1.165, 1.54) is 6.07 Å². The van der Waals surface area contributed by atoms with E-state index in [2.05, 4.69) is 15.1 Å². The van der Waals surface area contributed by atoms with Crippen LogP contribution in [0.15, 0.2) is 60.9 Å². The summed E-state index contributed by atoms with van der Waals surface area (Å²) in [5.74, 6) is 0.373. The lowest BCUT2D eigenvalue weighted by Gasteiger charge is -2.07. The van der Waals surface area contributed by atoms with E-state index in [1.54, 1.807) is 29.8 Å². The van der Waals surface area contributed by atoms with Crippen LogP contribution in [0.1, 0.15) is 5.56 Å². The lowest BCUT2D eigenvalue weighted by molar-refractivity contribution is 0.619. The molecule has 0 radical (unpaired) electrons. The van der Waals surface area contributed by atoms with E-state index in [0.29, 0.717) is 11.4 Å². The van der Waals surface area contributed by atoms with Crippen molar-refractivity contribution in [3.63, 3.8) is 0 Å². The molecule has 0 saturated heterocycles. The molecule has 0 saturated carbocycles. The average molecular weight is 304 g/mol. The Bertz CT molecular complexity index is 974. The summed E-state index contributed by atoms with van der Waals surface area (Å²) in [4.78, 5) is 9.00. The van der Waals surface area contributed by atoms with Crippen LogP contribution in [-0.2, 0) is 0 Å². The van der Waals surface area contributed by atoms with Gasteiger partial charge >= 0.3 is 0 Å². The third-order valence-electron chi connectivity index (χ3n) is 3.72. The van der Waals surface area contributed by atoms with Gasteiger partial charge in [0.1, 0.15) is 5.82 Å². The van der Waals surface area contributed by atoms with Gasteiger partial charge < -0.3 is 0 Å². The molecule has 0 aliphatic heterocycles. The molecular formula is C18H13FN4. The van der Waals surface area contributed by atoms with Gasteiger partial charge in [-0.15, -0.1) is 5.10 Å². The van der Waals surface area contributed by atoms with Crippen LogP contribution in [0.3, 0.4) is 0 Å². The molecule has 1 aromatic carbocycles. The number of aromatic nitrogens is 4. The van der Waals surface area contributed by atoms with E-state index < -0.39 is 0 Å². The largest absolute Gasteiger partial charge is 0.255 e. The van der Waals surface area contributed by atoms with Crippen LogP contribution in [-0.4, -0.2) is 19.6 Å². The minimum absolute atomic E-state index is 0.225. The average Bonchev–Trinajstić information content (AvgIpc) is 3.01. The molecule has 3 aromatic heterocycles. The van der Waals surface area contributed by atoms with Crippen molar-refractivity contribution in [3.8, 4) is 22.6 Å². The van der Waals surface area contributed by atoms with Crippen molar-refractivity contribution in [3.05, 3.63) is 72.3 Å². The summed E-state index contributed by atoms with van der Waals surface area (Å²) >= 11 is 0. The fraction of sp³-hybridized carbons (Fsp3) is 0.0556. The number of hydrogen-bond acceptors (Lipinski definition) is 3. The molecule has 0 aliphatic carbocycles. The Balaban J connectivity index is 1.91. The third-order valence-corrected chi connectivity index (χ3v) is 3.72. The zero-order chi connectivity index (χ0) is 15.8. The zero-order valence-corrected chi connectivity index (χ0v) is 12.4. The Morgan fingerprint density at radius 1 is 1.04 bits per heavy atom. The van der Waals surface area contributed by atoms with Gasteiger partial charge in [-0.25, -0.2) is 13.9 Å². The van der Waals surface area contributed by atoms with Gasteiger partial charge in [-0.05, 0) is 55.0 Å². The number of nitrogens with zero attached hydrogens (tertiary/aromatic N) is 4. The van der Waals surface area contributed by atoms with Gasteiger partial charge in [0.15, 0.2) is 11.5 Å². The normalized spacial score (nSPS) is 11.0. The van der Waals surface area contributed by atoms with Crippen LogP contribution < -0.4 is 0 Å². The second-order valence-corrected chi connectivity index (χ2v) is 5.30. The minimum atomic E-state index is -0.225. The Hall–Kier alpha value is -3.08. The molecule has 23 heavy (non-hydrogen) atoms. The Morgan fingerprint density at radius 3 is 2.78 bits per heavy atom.